The molecule has 1 atom stereocenters. The van der Waals surface area contributed by atoms with Crippen LogP contribution in [0.2, 0.25) is 10.0 Å². The second-order valence-corrected chi connectivity index (χ2v) is 8.94. The van der Waals surface area contributed by atoms with E-state index in [9.17, 15) is 9.59 Å². The molecule has 1 fully saturated rings. The summed E-state index contributed by atoms with van der Waals surface area (Å²) >= 11 is 12.1. The fraction of sp³-hybridized carbons (Fsp3) is 0.154. The van der Waals surface area contributed by atoms with Crippen LogP contribution >= 0.6 is 23.2 Å². The van der Waals surface area contributed by atoms with Crippen molar-refractivity contribution in [3.05, 3.63) is 106 Å². The van der Waals surface area contributed by atoms with Crippen molar-refractivity contribution in [3.63, 3.8) is 0 Å². The predicted octanol–water partition coefficient (Wildman–Crippen LogP) is 5.81. The number of carbonyl (C=O) groups is 2. The number of halogens is 2. The number of H-pyrrole nitrogens is 1. The van der Waals surface area contributed by atoms with Crippen LogP contribution in [-0.2, 0) is 0 Å². The molecule has 166 valence electrons. The van der Waals surface area contributed by atoms with E-state index in [1.54, 1.807) is 30.5 Å². The fourth-order valence-electron chi connectivity index (χ4n) is 4.36. The highest BCUT2D eigenvalue weighted by molar-refractivity contribution is 6.30. The summed E-state index contributed by atoms with van der Waals surface area (Å²) in [5.41, 5.74) is 3.05. The molecule has 1 aromatic heterocycles. The monoisotopic (exact) mass is 477 g/mol. The highest BCUT2D eigenvalue weighted by Gasteiger charge is 2.34. The minimum atomic E-state index is -0.298. The lowest BCUT2D eigenvalue weighted by Crippen LogP contribution is -2.52. The molecular formula is C26H21Cl2N3O2. The molecule has 0 spiro atoms. The minimum Gasteiger partial charge on any atom is -0.360 e. The summed E-state index contributed by atoms with van der Waals surface area (Å²) in [6, 6.07) is 21.8. The van der Waals surface area contributed by atoms with E-state index in [1.165, 1.54) is 0 Å². The largest absolute Gasteiger partial charge is 0.360 e. The molecule has 33 heavy (non-hydrogen) atoms. The molecule has 1 unspecified atom stereocenters. The number of amides is 2. The molecule has 2 amide bonds. The van der Waals surface area contributed by atoms with Gasteiger partial charge in [-0.15, -0.1) is 0 Å². The molecule has 1 aliphatic rings. The number of aromatic amines is 1. The van der Waals surface area contributed by atoms with Gasteiger partial charge in [0, 0.05) is 52.3 Å². The topological polar surface area (TPSA) is 56.4 Å². The maximum absolute atomic E-state index is 13.5. The molecule has 1 N–H and O–H groups in total. The lowest BCUT2D eigenvalue weighted by molar-refractivity contribution is 0.0384. The van der Waals surface area contributed by atoms with E-state index in [0.29, 0.717) is 40.8 Å². The zero-order valence-electron chi connectivity index (χ0n) is 17.7. The summed E-state index contributed by atoms with van der Waals surface area (Å²) in [6.07, 6.45) is 1.76. The first-order valence-corrected chi connectivity index (χ1v) is 11.4. The van der Waals surface area contributed by atoms with E-state index in [2.05, 4.69) is 4.98 Å². The van der Waals surface area contributed by atoms with Crippen molar-refractivity contribution in [1.29, 1.82) is 0 Å². The third-order valence-electron chi connectivity index (χ3n) is 6.09. The minimum absolute atomic E-state index is 0.0509. The van der Waals surface area contributed by atoms with E-state index in [0.717, 1.165) is 16.5 Å². The van der Waals surface area contributed by atoms with Crippen molar-refractivity contribution in [2.45, 2.75) is 6.04 Å². The number of para-hydroxylation sites is 1. The van der Waals surface area contributed by atoms with E-state index in [1.807, 2.05) is 58.3 Å². The van der Waals surface area contributed by atoms with Gasteiger partial charge >= 0.3 is 0 Å². The fourth-order valence-corrected chi connectivity index (χ4v) is 4.61. The van der Waals surface area contributed by atoms with E-state index < -0.39 is 0 Å². The van der Waals surface area contributed by atoms with Crippen LogP contribution < -0.4 is 0 Å². The number of rotatable bonds is 3. The third-order valence-corrected chi connectivity index (χ3v) is 6.60. The average molecular weight is 478 g/mol. The smallest absolute Gasteiger partial charge is 0.256 e. The van der Waals surface area contributed by atoms with Gasteiger partial charge in [0.15, 0.2) is 0 Å². The molecule has 3 aromatic carbocycles. The number of hydrogen-bond donors (Lipinski definition) is 1. The molecule has 0 bridgehead atoms. The van der Waals surface area contributed by atoms with Gasteiger partial charge in [-0.25, -0.2) is 0 Å². The van der Waals surface area contributed by atoms with Crippen LogP contribution in [0.3, 0.4) is 0 Å². The molecule has 0 aliphatic carbocycles. The van der Waals surface area contributed by atoms with Gasteiger partial charge in [0.05, 0.1) is 11.6 Å². The first kappa shape index (κ1) is 21.6. The highest BCUT2D eigenvalue weighted by atomic mass is 35.5. The molecule has 5 rings (SSSR count). The number of carbonyl (C=O) groups excluding carboxylic acids is 2. The molecule has 4 aromatic rings. The Morgan fingerprint density at radius 3 is 2.21 bits per heavy atom. The van der Waals surface area contributed by atoms with Gasteiger partial charge in [-0.3, -0.25) is 9.59 Å². The number of fused-ring (bicyclic) bond motifs is 1. The molecule has 1 aliphatic heterocycles. The number of aromatic nitrogens is 1. The standard InChI is InChI=1S/C26H21Cl2N3O2/c27-19-9-5-17(6-10-19)24-16-30(26(33)22-15-29-23-4-2-1-3-21(22)23)13-14-31(24)25(32)18-7-11-20(28)12-8-18/h1-12,15,24,29H,13-14,16H2. The summed E-state index contributed by atoms with van der Waals surface area (Å²) < 4.78 is 0. The Labute approximate surface area is 201 Å². The second-order valence-electron chi connectivity index (χ2n) is 8.07. The van der Waals surface area contributed by atoms with Gasteiger partial charge in [-0.1, -0.05) is 53.5 Å². The normalized spacial score (nSPS) is 16.2. The summed E-state index contributed by atoms with van der Waals surface area (Å²) in [4.78, 5) is 33.7. The van der Waals surface area contributed by atoms with Crippen LogP contribution in [0.5, 0.6) is 0 Å². The van der Waals surface area contributed by atoms with Gasteiger partial charge in [-0.05, 0) is 48.0 Å². The maximum atomic E-state index is 13.5. The summed E-state index contributed by atoms with van der Waals surface area (Å²) in [5, 5.41) is 2.09. The summed E-state index contributed by atoms with van der Waals surface area (Å²) in [6.45, 7) is 1.25. The first-order valence-electron chi connectivity index (χ1n) is 10.7. The zero-order valence-corrected chi connectivity index (χ0v) is 19.2. The zero-order chi connectivity index (χ0) is 22.9. The Kier molecular flexibility index (Phi) is 5.83. The van der Waals surface area contributed by atoms with Gasteiger partial charge < -0.3 is 14.8 Å². The van der Waals surface area contributed by atoms with Gasteiger partial charge in [-0.2, -0.15) is 0 Å². The van der Waals surface area contributed by atoms with Gasteiger partial charge in [0.1, 0.15) is 0 Å². The number of hydrogen-bond acceptors (Lipinski definition) is 2. The molecule has 0 radical (unpaired) electrons. The van der Waals surface area contributed by atoms with E-state index in [4.69, 9.17) is 23.2 Å². The molecule has 2 heterocycles. The SMILES string of the molecule is O=C(c1c[nH]c2ccccc12)N1CCN(C(=O)c2ccc(Cl)cc2)C(c2ccc(Cl)cc2)C1. The number of piperazine rings is 1. The van der Waals surface area contributed by atoms with Crippen molar-refractivity contribution >= 4 is 45.9 Å². The van der Waals surface area contributed by atoms with Crippen LogP contribution in [0.15, 0.2) is 79.0 Å². The summed E-state index contributed by atoms with van der Waals surface area (Å²) in [7, 11) is 0. The first-order chi connectivity index (χ1) is 16.0. The van der Waals surface area contributed by atoms with Gasteiger partial charge in [0.2, 0.25) is 0 Å². The quantitative estimate of drug-likeness (QED) is 0.404. The van der Waals surface area contributed by atoms with Crippen molar-refractivity contribution in [1.82, 2.24) is 14.8 Å². The van der Waals surface area contributed by atoms with Crippen LogP contribution in [-0.4, -0.2) is 46.2 Å². The number of nitrogens with zero attached hydrogens (tertiary/aromatic N) is 2. The maximum Gasteiger partial charge on any atom is 0.256 e. The second kappa shape index (κ2) is 8.93. The van der Waals surface area contributed by atoms with Crippen molar-refractivity contribution < 1.29 is 9.59 Å². The number of benzene rings is 3. The van der Waals surface area contributed by atoms with E-state index in [-0.39, 0.29) is 17.9 Å². The highest BCUT2D eigenvalue weighted by Crippen LogP contribution is 2.30. The van der Waals surface area contributed by atoms with E-state index >= 15 is 0 Å². The van der Waals surface area contributed by atoms with Crippen molar-refractivity contribution in [2.75, 3.05) is 19.6 Å². The molecule has 5 nitrogen and oxygen atoms in total. The lowest BCUT2D eigenvalue weighted by atomic mass is 10.00. The lowest BCUT2D eigenvalue weighted by Gasteiger charge is -2.41. The van der Waals surface area contributed by atoms with Crippen LogP contribution in [0.4, 0.5) is 0 Å². The Morgan fingerprint density at radius 2 is 1.48 bits per heavy atom. The average Bonchev–Trinajstić information content (AvgIpc) is 3.28. The van der Waals surface area contributed by atoms with Crippen LogP contribution in [0.25, 0.3) is 10.9 Å². The Bertz CT molecular complexity index is 1320. The number of nitrogens with one attached hydrogen (secondary N) is 1. The molecule has 7 heteroatoms. The molecular weight excluding hydrogens is 457 g/mol. The third kappa shape index (κ3) is 4.22. The van der Waals surface area contributed by atoms with Crippen LogP contribution in [0, 0.1) is 0 Å². The Morgan fingerprint density at radius 1 is 0.818 bits per heavy atom. The van der Waals surface area contributed by atoms with Crippen LogP contribution in [0.1, 0.15) is 32.3 Å². The van der Waals surface area contributed by atoms with Crippen molar-refractivity contribution in [2.24, 2.45) is 0 Å². The Balaban J connectivity index is 1.46. The predicted molar refractivity (Wildman–Crippen MR) is 131 cm³/mol. The summed E-state index contributed by atoms with van der Waals surface area (Å²) in [5.74, 6) is -0.143. The molecule has 1 saturated heterocycles. The Hall–Kier alpha value is -3.28. The van der Waals surface area contributed by atoms with Crippen molar-refractivity contribution in [3.8, 4) is 0 Å². The molecule has 0 saturated carbocycles. The van der Waals surface area contributed by atoms with Gasteiger partial charge in [0.25, 0.3) is 11.8 Å².